The SMILES string of the molecule is CNCc1ncn(Cc2cc(Br)cc3c2OCC3)n1. The third-order valence-corrected chi connectivity index (χ3v) is 3.53. The largest absolute Gasteiger partial charge is 0.493 e. The van der Waals surface area contributed by atoms with Gasteiger partial charge in [-0.3, -0.25) is 0 Å². The molecule has 0 saturated heterocycles. The van der Waals surface area contributed by atoms with Crippen molar-refractivity contribution >= 4 is 15.9 Å². The fourth-order valence-electron chi connectivity index (χ4n) is 2.29. The standard InChI is InChI=1S/C13H15BrN4O/c1-15-6-12-16-8-18(17-12)7-10-5-11(14)4-9-2-3-19-13(9)10/h4-5,8,15H,2-3,6-7H2,1H3. The van der Waals surface area contributed by atoms with Gasteiger partial charge in [0.25, 0.3) is 0 Å². The van der Waals surface area contributed by atoms with Crippen molar-refractivity contribution in [3.63, 3.8) is 0 Å². The molecule has 0 saturated carbocycles. The predicted octanol–water partition coefficient (Wildman–Crippen LogP) is 1.74. The van der Waals surface area contributed by atoms with Crippen LogP contribution in [0.2, 0.25) is 0 Å². The molecule has 2 aromatic rings. The highest BCUT2D eigenvalue weighted by Gasteiger charge is 2.18. The van der Waals surface area contributed by atoms with Crippen molar-refractivity contribution in [2.75, 3.05) is 13.7 Å². The number of ether oxygens (including phenoxy) is 1. The predicted molar refractivity (Wildman–Crippen MR) is 75.2 cm³/mol. The lowest BCUT2D eigenvalue weighted by molar-refractivity contribution is 0.352. The highest BCUT2D eigenvalue weighted by Crippen LogP contribution is 2.33. The fourth-order valence-corrected chi connectivity index (χ4v) is 2.84. The van der Waals surface area contributed by atoms with Crippen LogP contribution in [0.15, 0.2) is 22.9 Å². The monoisotopic (exact) mass is 322 g/mol. The van der Waals surface area contributed by atoms with E-state index in [1.807, 2.05) is 11.7 Å². The van der Waals surface area contributed by atoms with Gasteiger partial charge in [-0.2, -0.15) is 5.10 Å². The lowest BCUT2D eigenvalue weighted by Gasteiger charge is -2.08. The summed E-state index contributed by atoms with van der Waals surface area (Å²) in [7, 11) is 1.88. The molecule has 1 aliphatic rings. The summed E-state index contributed by atoms with van der Waals surface area (Å²) in [5.74, 6) is 1.81. The first-order valence-electron chi connectivity index (χ1n) is 6.23. The molecule has 1 aromatic heterocycles. The second-order valence-corrected chi connectivity index (χ2v) is 5.46. The quantitative estimate of drug-likeness (QED) is 0.931. The molecule has 1 aliphatic heterocycles. The van der Waals surface area contributed by atoms with Crippen molar-refractivity contribution < 1.29 is 4.74 Å². The Morgan fingerprint density at radius 1 is 1.47 bits per heavy atom. The number of fused-ring (bicyclic) bond motifs is 1. The van der Waals surface area contributed by atoms with Crippen molar-refractivity contribution in [3.05, 3.63) is 39.9 Å². The van der Waals surface area contributed by atoms with Gasteiger partial charge in [0, 0.05) is 16.5 Å². The lowest BCUT2D eigenvalue weighted by Crippen LogP contribution is -2.08. The normalized spacial score (nSPS) is 13.4. The van der Waals surface area contributed by atoms with Crippen LogP contribution in [-0.2, 0) is 19.5 Å². The van der Waals surface area contributed by atoms with Gasteiger partial charge in [-0.1, -0.05) is 15.9 Å². The third kappa shape index (κ3) is 2.64. The maximum atomic E-state index is 5.72. The summed E-state index contributed by atoms with van der Waals surface area (Å²) in [4.78, 5) is 4.25. The van der Waals surface area contributed by atoms with E-state index in [0.29, 0.717) is 13.1 Å². The summed E-state index contributed by atoms with van der Waals surface area (Å²) < 4.78 is 8.65. The molecule has 100 valence electrons. The number of aromatic nitrogens is 3. The van der Waals surface area contributed by atoms with Crippen LogP contribution in [-0.4, -0.2) is 28.4 Å². The molecule has 0 aliphatic carbocycles. The van der Waals surface area contributed by atoms with Crippen LogP contribution in [0.25, 0.3) is 0 Å². The molecule has 3 rings (SSSR count). The first-order valence-corrected chi connectivity index (χ1v) is 7.02. The Morgan fingerprint density at radius 3 is 3.21 bits per heavy atom. The summed E-state index contributed by atoms with van der Waals surface area (Å²) in [5.41, 5.74) is 2.41. The Balaban J connectivity index is 1.86. The zero-order valence-electron chi connectivity index (χ0n) is 10.7. The molecule has 6 heteroatoms. The van der Waals surface area contributed by atoms with E-state index in [2.05, 4.69) is 43.5 Å². The second kappa shape index (κ2) is 5.30. The number of hydrogen-bond acceptors (Lipinski definition) is 4. The van der Waals surface area contributed by atoms with Crippen LogP contribution in [0.5, 0.6) is 5.75 Å². The summed E-state index contributed by atoms with van der Waals surface area (Å²) in [5, 5.41) is 7.46. The first-order chi connectivity index (χ1) is 9.26. The summed E-state index contributed by atoms with van der Waals surface area (Å²) in [6.45, 7) is 2.12. The molecular formula is C13H15BrN4O. The van der Waals surface area contributed by atoms with Crippen molar-refractivity contribution in [1.82, 2.24) is 20.1 Å². The molecule has 2 heterocycles. The van der Waals surface area contributed by atoms with Crippen LogP contribution in [0, 0.1) is 0 Å². The van der Waals surface area contributed by atoms with Crippen LogP contribution in [0.1, 0.15) is 17.0 Å². The minimum Gasteiger partial charge on any atom is -0.493 e. The maximum Gasteiger partial charge on any atom is 0.164 e. The molecule has 5 nitrogen and oxygen atoms in total. The van der Waals surface area contributed by atoms with E-state index in [9.17, 15) is 0 Å². The molecule has 0 amide bonds. The number of benzene rings is 1. The van der Waals surface area contributed by atoms with E-state index in [1.165, 1.54) is 5.56 Å². The lowest BCUT2D eigenvalue weighted by atomic mass is 10.1. The van der Waals surface area contributed by atoms with Gasteiger partial charge in [0.05, 0.1) is 19.7 Å². The molecule has 0 radical (unpaired) electrons. The highest BCUT2D eigenvalue weighted by molar-refractivity contribution is 9.10. The Bertz CT molecular complexity index is 596. The Hall–Kier alpha value is -1.40. The summed E-state index contributed by atoms with van der Waals surface area (Å²) >= 11 is 3.55. The Labute approximate surface area is 120 Å². The molecule has 0 bridgehead atoms. The topological polar surface area (TPSA) is 52.0 Å². The molecular weight excluding hydrogens is 308 g/mol. The smallest absolute Gasteiger partial charge is 0.164 e. The van der Waals surface area contributed by atoms with Crippen LogP contribution >= 0.6 is 15.9 Å². The Morgan fingerprint density at radius 2 is 2.37 bits per heavy atom. The molecule has 19 heavy (non-hydrogen) atoms. The first kappa shape index (κ1) is 12.6. The molecule has 0 unspecified atom stereocenters. The van der Waals surface area contributed by atoms with E-state index in [4.69, 9.17) is 4.74 Å². The van der Waals surface area contributed by atoms with Crippen LogP contribution in [0.3, 0.4) is 0 Å². The Kier molecular flexibility index (Phi) is 3.52. The van der Waals surface area contributed by atoms with Crippen molar-refractivity contribution in [1.29, 1.82) is 0 Å². The van der Waals surface area contributed by atoms with E-state index in [-0.39, 0.29) is 0 Å². The van der Waals surface area contributed by atoms with Gasteiger partial charge in [-0.25, -0.2) is 9.67 Å². The van der Waals surface area contributed by atoms with Gasteiger partial charge in [-0.05, 0) is 24.7 Å². The van der Waals surface area contributed by atoms with Gasteiger partial charge in [0.2, 0.25) is 0 Å². The van der Waals surface area contributed by atoms with E-state index < -0.39 is 0 Å². The van der Waals surface area contributed by atoms with Gasteiger partial charge >= 0.3 is 0 Å². The van der Waals surface area contributed by atoms with Crippen molar-refractivity contribution in [2.45, 2.75) is 19.5 Å². The van der Waals surface area contributed by atoms with E-state index >= 15 is 0 Å². The van der Waals surface area contributed by atoms with Gasteiger partial charge < -0.3 is 10.1 Å². The van der Waals surface area contributed by atoms with Crippen LogP contribution in [0.4, 0.5) is 0 Å². The number of nitrogens with zero attached hydrogens (tertiary/aromatic N) is 3. The summed E-state index contributed by atoms with van der Waals surface area (Å²) in [6, 6.07) is 4.21. The average Bonchev–Trinajstić information content (AvgIpc) is 2.98. The summed E-state index contributed by atoms with van der Waals surface area (Å²) in [6.07, 6.45) is 2.74. The average molecular weight is 323 g/mol. The second-order valence-electron chi connectivity index (χ2n) is 4.54. The molecule has 1 N–H and O–H groups in total. The van der Waals surface area contributed by atoms with E-state index in [1.54, 1.807) is 6.33 Å². The third-order valence-electron chi connectivity index (χ3n) is 3.08. The van der Waals surface area contributed by atoms with Gasteiger partial charge in [0.1, 0.15) is 12.1 Å². The van der Waals surface area contributed by atoms with Crippen molar-refractivity contribution in [2.24, 2.45) is 0 Å². The number of hydrogen-bond donors (Lipinski definition) is 1. The van der Waals surface area contributed by atoms with Crippen LogP contribution < -0.4 is 10.1 Å². The van der Waals surface area contributed by atoms with E-state index in [0.717, 1.165) is 34.6 Å². The molecule has 0 spiro atoms. The number of rotatable bonds is 4. The minimum absolute atomic E-state index is 0.679. The van der Waals surface area contributed by atoms with Gasteiger partial charge in [0.15, 0.2) is 5.82 Å². The van der Waals surface area contributed by atoms with Crippen molar-refractivity contribution in [3.8, 4) is 5.75 Å². The minimum atomic E-state index is 0.679. The zero-order chi connectivity index (χ0) is 13.2. The molecule has 0 atom stereocenters. The number of nitrogens with one attached hydrogen (secondary N) is 1. The maximum absolute atomic E-state index is 5.72. The zero-order valence-corrected chi connectivity index (χ0v) is 12.3. The highest BCUT2D eigenvalue weighted by atomic mass is 79.9. The molecule has 1 aromatic carbocycles. The fraction of sp³-hybridized carbons (Fsp3) is 0.385. The number of halogens is 1. The van der Waals surface area contributed by atoms with Gasteiger partial charge in [-0.15, -0.1) is 0 Å². The molecule has 0 fully saturated rings.